The first kappa shape index (κ1) is 19.5. The molecule has 138 valence electrons. The summed E-state index contributed by atoms with van der Waals surface area (Å²) in [4.78, 5) is 26.5. The quantitative estimate of drug-likeness (QED) is 0.765. The zero-order valence-corrected chi connectivity index (χ0v) is 15.2. The van der Waals surface area contributed by atoms with E-state index >= 15 is 0 Å². The normalized spacial score (nSPS) is 22.8. The van der Waals surface area contributed by atoms with Crippen LogP contribution in [-0.4, -0.2) is 49.1 Å². The predicted molar refractivity (Wildman–Crippen MR) is 101 cm³/mol. The number of nitrogens with zero attached hydrogens (tertiary/aromatic N) is 1. The molecule has 1 aromatic carbocycles. The number of benzene rings is 1. The number of hydrogen-bond acceptors (Lipinski definition) is 3. The van der Waals surface area contributed by atoms with Gasteiger partial charge in [-0.3, -0.25) is 4.79 Å². The minimum atomic E-state index is -0.129. The lowest BCUT2D eigenvalue weighted by molar-refractivity contribution is -0.126. The molecular formula is C18H27ClN4O2. The van der Waals surface area contributed by atoms with E-state index in [0.29, 0.717) is 25.7 Å². The Labute approximate surface area is 155 Å². The summed E-state index contributed by atoms with van der Waals surface area (Å²) in [5.74, 6) is -0.0393. The highest BCUT2D eigenvalue weighted by molar-refractivity contribution is 5.90. The maximum absolute atomic E-state index is 12.4. The molecule has 3 rings (SSSR count). The van der Waals surface area contributed by atoms with Crippen LogP contribution in [0.5, 0.6) is 0 Å². The highest BCUT2D eigenvalue weighted by Crippen LogP contribution is 2.18. The number of nitrogens with one attached hydrogen (secondary N) is 3. The highest BCUT2D eigenvalue weighted by atomic mass is 35.5. The lowest BCUT2D eigenvalue weighted by atomic mass is 9.97. The van der Waals surface area contributed by atoms with Gasteiger partial charge in [0.25, 0.3) is 0 Å². The van der Waals surface area contributed by atoms with E-state index in [1.54, 1.807) is 4.90 Å². The Morgan fingerprint density at radius 2 is 1.96 bits per heavy atom. The van der Waals surface area contributed by atoms with E-state index in [2.05, 4.69) is 16.0 Å². The van der Waals surface area contributed by atoms with Crippen molar-refractivity contribution in [2.45, 2.75) is 31.7 Å². The predicted octanol–water partition coefficient (Wildman–Crippen LogP) is 2.22. The molecule has 2 saturated heterocycles. The first-order chi connectivity index (χ1) is 11.7. The molecule has 0 spiro atoms. The van der Waals surface area contributed by atoms with Crippen molar-refractivity contribution in [3.8, 4) is 0 Å². The number of carbonyl (C=O) groups is 2. The van der Waals surface area contributed by atoms with Crippen LogP contribution < -0.4 is 16.0 Å². The zero-order valence-electron chi connectivity index (χ0n) is 14.4. The molecule has 0 aromatic heterocycles. The second-order valence-corrected chi connectivity index (χ2v) is 6.62. The van der Waals surface area contributed by atoms with E-state index in [1.165, 1.54) is 6.42 Å². The Bertz CT molecular complexity index is 563. The smallest absolute Gasteiger partial charge is 0.321 e. The maximum Gasteiger partial charge on any atom is 0.321 e. The average Bonchev–Trinajstić information content (AvgIpc) is 3.14. The zero-order chi connectivity index (χ0) is 16.8. The van der Waals surface area contributed by atoms with Gasteiger partial charge in [0.2, 0.25) is 5.91 Å². The van der Waals surface area contributed by atoms with Crippen LogP contribution in [0.3, 0.4) is 0 Å². The van der Waals surface area contributed by atoms with E-state index in [4.69, 9.17) is 0 Å². The summed E-state index contributed by atoms with van der Waals surface area (Å²) < 4.78 is 0. The third-order valence-electron chi connectivity index (χ3n) is 4.79. The molecule has 0 radical (unpaired) electrons. The number of carbonyl (C=O) groups excluding carboxylic acids is 2. The number of rotatable bonds is 4. The molecule has 6 nitrogen and oxygen atoms in total. The molecule has 2 fully saturated rings. The number of hydrogen-bond donors (Lipinski definition) is 3. The summed E-state index contributed by atoms with van der Waals surface area (Å²) in [7, 11) is 0. The van der Waals surface area contributed by atoms with Gasteiger partial charge in [-0.1, -0.05) is 18.2 Å². The second kappa shape index (κ2) is 9.63. The van der Waals surface area contributed by atoms with Crippen molar-refractivity contribution in [3.05, 3.63) is 30.3 Å². The van der Waals surface area contributed by atoms with Crippen molar-refractivity contribution in [1.29, 1.82) is 0 Å². The van der Waals surface area contributed by atoms with Crippen molar-refractivity contribution in [2.75, 3.05) is 31.5 Å². The summed E-state index contributed by atoms with van der Waals surface area (Å²) in [6, 6.07) is 9.68. The fourth-order valence-corrected chi connectivity index (χ4v) is 3.40. The molecule has 2 atom stereocenters. The average molecular weight is 367 g/mol. The molecule has 25 heavy (non-hydrogen) atoms. The first-order valence-corrected chi connectivity index (χ1v) is 8.84. The summed E-state index contributed by atoms with van der Waals surface area (Å²) >= 11 is 0. The minimum Gasteiger partial charge on any atom is -0.354 e. The van der Waals surface area contributed by atoms with Crippen molar-refractivity contribution in [1.82, 2.24) is 15.5 Å². The fourth-order valence-electron chi connectivity index (χ4n) is 3.40. The molecular weight excluding hydrogens is 340 g/mol. The number of amides is 3. The number of likely N-dealkylation sites (tertiary alicyclic amines) is 1. The van der Waals surface area contributed by atoms with Gasteiger partial charge in [-0.05, 0) is 44.4 Å². The van der Waals surface area contributed by atoms with Gasteiger partial charge in [-0.2, -0.15) is 0 Å². The molecule has 2 aliphatic rings. The molecule has 0 aliphatic carbocycles. The highest BCUT2D eigenvalue weighted by Gasteiger charge is 2.29. The molecule has 2 unspecified atom stereocenters. The summed E-state index contributed by atoms with van der Waals surface area (Å²) in [5, 5.41) is 9.32. The van der Waals surface area contributed by atoms with Crippen molar-refractivity contribution in [2.24, 2.45) is 5.92 Å². The number of para-hydroxylation sites is 1. The Morgan fingerprint density at radius 3 is 2.68 bits per heavy atom. The van der Waals surface area contributed by atoms with Gasteiger partial charge in [0, 0.05) is 31.4 Å². The minimum absolute atomic E-state index is 0. The standard InChI is InChI=1S/C18H26N4O2.ClH/c23-17(20-12-16-9-4-10-19-16)14-6-5-11-22(13-14)18(24)21-15-7-2-1-3-8-15;/h1-3,7-8,14,16,19H,4-6,9-13H2,(H,20,23)(H,21,24);1H. The topological polar surface area (TPSA) is 73.5 Å². The van der Waals surface area contributed by atoms with Crippen LogP contribution in [0.25, 0.3) is 0 Å². The van der Waals surface area contributed by atoms with Crippen LogP contribution in [0.2, 0.25) is 0 Å². The summed E-state index contributed by atoms with van der Waals surface area (Å²) in [5.41, 5.74) is 0.779. The lowest BCUT2D eigenvalue weighted by Crippen LogP contribution is -2.48. The van der Waals surface area contributed by atoms with Gasteiger partial charge in [-0.25, -0.2) is 4.79 Å². The Balaban J connectivity index is 0.00000225. The van der Waals surface area contributed by atoms with E-state index in [1.807, 2.05) is 30.3 Å². The Kier molecular flexibility index (Phi) is 7.52. The van der Waals surface area contributed by atoms with Gasteiger partial charge in [-0.15, -0.1) is 12.4 Å². The number of piperidine rings is 1. The largest absolute Gasteiger partial charge is 0.354 e. The monoisotopic (exact) mass is 366 g/mol. The van der Waals surface area contributed by atoms with Crippen LogP contribution in [0.1, 0.15) is 25.7 Å². The van der Waals surface area contributed by atoms with E-state index < -0.39 is 0 Å². The molecule has 0 bridgehead atoms. The maximum atomic E-state index is 12.4. The molecule has 7 heteroatoms. The third-order valence-corrected chi connectivity index (χ3v) is 4.79. The molecule has 3 amide bonds. The Morgan fingerprint density at radius 1 is 1.16 bits per heavy atom. The molecule has 3 N–H and O–H groups in total. The van der Waals surface area contributed by atoms with Gasteiger partial charge in [0.05, 0.1) is 5.92 Å². The third kappa shape index (κ3) is 5.61. The van der Waals surface area contributed by atoms with E-state index in [0.717, 1.165) is 31.5 Å². The Hall–Kier alpha value is -1.79. The van der Waals surface area contributed by atoms with E-state index in [9.17, 15) is 9.59 Å². The summed E-state index contributed by atoms with van der Waals surface area (Å²) in [6.45, 7) is 2.91. The van der Waals surface area contributed by atoms with Gasteiger partial charge < -0.3 is 20.9 Å². The van der Waals surface area contributed by atoms with Crippen LogP contribution in [0.4, 0.5) is 10.5 Å². The van der Waals surface area contributed by atoms with Crippen LogP contribution in [-0.2, 0) is 4.79 Å². The van der Waals surface area contributed by atoms with Crippen LogP contribution >= 0.6 is 12.4 Å². The van der Waals surface area contributed by atoms with Gasteiger partial charge >= 0.3 is 6.03 Å². The van der Waals surface area contributed by atoms with Crippen molar-refractivity contribution < 1.29 is 9.59 Å². The molecule has 1 aromatic rings. The summed E-state index contributed by atoms with van der Waals surface area (Å²) in [6.07, 6.45) is 4.01. The number of anilines is 1. The van der Waals surface area contributed by atoms with Crippen LogP contribution in [0.15, 0.2) is 30.3 Å². The molecule has 0 saturated carbocycles. The van der Waals surface area contributed by atoms with E-state index in [-0.39, 0.29) is 30.3 Å². The molecule has 2 heterocycles. The van der Waals surface area contributed by atoms with Crippen molar-refractivity contribution >= 4 is 30.0 Å². The van der Waals surface area contributed by atoms with Gasteiger partial charge in [0.15, 0.2) is 0 Å². The fraction of sp³-hybridized carbons (Fsp3) is 0.556. The van der Waals surface area contributed by atoms with Crippen molar-refractivity contribution in [3.63, 3.8) is 0 Å². The molecule has 2 aliphatic heterocycles. The lowest BCUT2D eigenvalue weighted by Gasteiger charge is -2.32. The SMILES string of the molecule is Cl.O=C(NCC1CCCN1)C1CCCN(C(=O)Nc2ccccc2)C1. The van der Waals surface area contributed by atoms with Crippen LogP contribution in [0, 0.1) is 5.92 Å². The number of halogens is 1. The van der Waals surface area contributed by atoms with Gasteiger partial charge in [0.1, 0.15) is 0 Å². The number of urea groups is 1. The first-order valence-electron chi connectivity index (χ1n) is 8.84. The second-order valence-electron chi connectivity index (χ2n) is 6.62.